The lowest BCUT2D eigenvalue weighted by Crippen LogP contribution is -2.08. The molecule has 23 heavy (non-hydrogen) atoms. The van der Waals surface area contributed by atoms with Crippen molar-refractivity contribution in [3.8, 4) is 10.6 Å². The Bertz CT molecular complexity index is 900. The molecule has 0 saturated heterocycles. The largest absolute Gasteiger partial charge is 0.456 e. The Labute approximate surface area is 142 Å². The van der Waals surface area contributed by atoms with Crippen LogP contribution >= 0.6 is 22.9 Å². The summed E-state index contributed by atoms with van der Waals surface area (Å²) in [5.74, 6) is -0.465. The number of thiophene rings is 1. The van der Waals surface area contributed by atoms with E-state index in [0.717, 1.165) is 10.6 Å². The Morgan fingerprint density at radius 2 is 2.30 bits per heavy atom. The van der Waals surface area contributed by atoms with Crippen molar-refractivity contribution >= 4 is 39.9 Å². The van der Waals surface area contributed by atoms with Crippen molar-refractivity contribution in [2.45, 2.75) is 6.92 Å². The van der Waals surface area contributed by atoms with E-state index in [1.165, 1.54) is 0 Å². The van der Waals surface area contributed by atoms with Crippen molar-refractivity contribution < 1.29 is 9.53 Å². The van der Waals surface area contributed by atoms with E-state index in [9.17, 15) is 4.79 Å². The molecule has 5 nitrogen and oxygen atoms in total. The Balaban J connectivity index is 2.17. The van der Waals surface area contributed by atoms with Crippen LogP contribution in [-0.4, -0.2) is 27.3 Å². The van der Waals surface area contributed by atoms with E-state index < -0.39 is 5.97 Å². The zero-order valence-corrected chi connectivity index (χ0v) is 14.2. The Morgan fingerprint density at radius 1 is 1.52 bits per heavy atom. The summed E-state index contributed by atoms with van der Waals surface area (Å²) >= 11 is 7.23. The zero-order chi connectivity index (χ0) is 16.6. The summed E-state index contributed by atoms with van der Waals surface area (Å²) in [7, 11) is 1.80. The van der Waals surface area contributed by atoms with Crippen molar-refractivity contribution in [1.82, 2.24) is 14.8 Å². The number of carbonyl (C=O) groups excluding carboxylic acids is 1. The number of ether oxygens (including phenoxy) is 1. The molecule has 0 aliphatic carbocycles. The van der Waals surface area contributed by atoms with Gasteiger partial charge in [0.05, 0.1) is 27.2 Å². The molecule has 0 unspecified atom stereocenters. The molecule has 118 valence electrons. The van der Waals surface area contributed by atoms with Crippen LogP contribution in [0.5, 0.6) is 0 Å². The fraction of sp³-hybridized carbons (Fsp3) is 0.188. The van der Waals surface area contributed by atoms with Crippen molar-refractivity contribution in [1.29, 1.82) is 0 Å². The second kappa shape index (κ2) is 6.14. The van der Waals surface area contributed by atoms with Crippen molar-refractivity contribution in [3.63, 3.8) is 0 Å². The van der Waals surface area contributed by atoms with Crippen LogP contribution in [0.2, 0.25) is 0 Å². The number of hydrogen-bond acceptors (Lipinski definition) is 5. The molecule has 0 aromatic carbocycles. The molecular weight excluding hydrogens is 334 g/mol. The SMILES string of the molecule is C=C(Cl)COC(=O)c1cc(-c2cccs2)nc2c1c(C)nn2C. The number of rotatable bonds is 4. The molecule has 3 rings (SSSR count). The van der Waals surface area contributed by atoms with E-state index in [1.54, 1.807) is 29.1 Å². The number of hydrogen-bond donors (Lipinski definition) is 0. The first-order valence-corrected chi connectivity index (χ1v) is 8.11. The van der Waals surface area contributed by atoms with Crippen LogP contribution in [0.4, 0.5) is 0 Å². The monoisotopic (exact) mass is 347 g/mol. The minimum absolute atomic E-state index is 0.0299. The molecule has 0 N–H and O–H groups in total. The summed E-state index contributed by atoms with van der Waals surface area (Å²) in [6, 6.07) is 5.63. The number of halogens is 1. The van der Waals surface area contributed by atoms with Gasteiger partial charge in [-0.15, -0.1) is 11.3 Å². The first-order chi connectivity index (χ1) is 11.0. The number of esters is 1. The predicted molar refractivity (Wildman–Crippen MR) is 91.8 cm³/mol. The van der Waals surface area contributed by atoms with Crippen LogP contribution in [0.1, 0.15) is 16.1 Å². The van der Waals surface area contributed by atoms with Crippen LogP contribution in [0, 0.1) is 6.92 Å². The van der Waals surface area contributed by atoms with Gasteiger partial charge < -0.3 is 4.74 Å². The molecular formula is C16H14ClN3O2S. The van der Waals surface area contributed by atoms with Crippen LogP contribution in [0.3, 0.4) is 0 Å². The Kier molecular flexibility index (Phi) is 4.19. The second-order valence-electron chi connectivity index (χ2n) is 5.03. The van der Waals surface area contributed by atoms with Gasteiger partial charge in [-0.25, -0.2) is 9.78 Å². The summed E-state index contributed by atoms with van der Waals surface area (Å²) in [6.45, 7) is 5.33. The number of aryl methyl sites for hydroxylation is 2. The molecule has 0 bridgehead atoms. The molecule has 0 radical (unpaired) electrons. The summed E-state index contributed by atoms with van der Waals surface area (Å²) in [4.78, 5) is 18.1. The van der Waals surface area contributed by atoms with Crippen LogP contribution in [0.15, 0.2) is 35.2 Å². The van der Waals surface area contributed by atoms with Gasteiger partial charge >= 0.3 is 5.97 Å². The number of fused-ring (bicyclic) bond motifs is 1. The fourth-order valence-corrected chi connectivity index (χ4v) is 3.12. The molecule has 3 aromatic rings. The third kappa shape index (κ3) is 3.00. The number of nitrogens with zero attached hydrogens (tertiary/aromatic N) is 3. The molecule has 0 saturated carbocycles. The summed E-state index contributed by atoms with van der Waals surface area (Å²) in [5, 5.41) is 7.28. The smallest absolute Gasteiger partial charge is 0.339 e. The third-order valence-electron chi connectivity index (χ3n) is 3.32. The van der Waals surface area contributed by atoms with Crippen LogP contribution < -0.4 is 0 Å². The van der Waals surface area contributed by atoms with E-state index in [0.29, 0.717) is 22.3 Å². The molecule has 0 atom stereocenters. The molecule has 0 aliphatic heterocycles. The average Bonchev–Trinajstić information content (AvgIpc) is 3.13. The van der Waals surface area contributed by atoms with Gasteiger partial charge in [-0.05, 0) is 24.4 Å². The first-order valence-electron chi connectivity index (χ1n) is 6.86. The van der Waals surface area contributed by atoms with E-state index >= 15 is 0 Å². The minimum Gasteiger partial charge on any atom is -0.456 e. The Morgan fingerprint density at radius 3 is 2.96 bits per heavy atom. The van der Waals surface area contributed by atoms with E-state index in [1.807, 2.05) is 24.4 Å². The van der Waals surface area contributed by atoms with Gasteiger partial charge in [-0.2, -0.15) is 5.10 Å². The van der Waals surface area contributed by atoms with Crippen molar-refractivity contribution in [2.75, 3.05) is 6.61 Å². The molecule has 3 heterocycles. The van der Waals surface area contributed by atoms with Gasteiger partial charge in [0.15, 0.2) is 5.65 Å². The van der Waals surface area contributed by atoms with Gasteiger partial charge in [0, 0.05) is 12.1 Å². The quantitative estimate of drug-likeness (QED) is 0.671. The molecule has 0 amide bonds. The highest BCUT2D eigenvalue weighted by molar-refractivity contribution is 7.13. The lowest BCUT2D eigenvalue weighted by molar-refractivity contribution is 0.0548. The van der Waals surface area contributed by atoms with Crippen LogP contribution in [0.25, 0.3) is 21.6 Å². The summed E-state index contributed by atoms with van der Waals surface area (Å²) < 4.78 is 6.87. The van der Waals surface area contributed by atoms with Gasteiger partial charge in [0.25, 0.3) is 0 Å². The normalized spacial score (nSPS) is 10.9. The maximum absolute atomic E-state index is 12.5. The maximum Gasteiger partial charge on any atom is 0.339 e. The Hall–Kier alpha value is -2.18. The van der Waals surface area contributed by atoms with Gasteiger partial charge in [-0.1, -0.05) is 24.2 Å². The highest BCUT2D eigenvalue weighted by Crippen LogP contribution is 2.29. The van der Waals surface area contributed by atoms with E-state index in [-0.39, 0.29) is 11.6 Å². The minimum atomic E-state index is -0.465. The molecule has 0 aliphatic rings. The second-order valence-corrected chi connectivity index (χ2v) is 6.52. The number of aromatic nitrogens is 3. The lowest BCUT2D eigenvalue weighted by atomic mass is 10.1. The van der Waals surface area contributed by atoms with Crippen LogP contribution in [-0.2, 0) is 11.8 Å². The summed E-state index contributed by atoms with van der Waals surface area (Å²) in [5.41, 5.74) is 2.52. The van der Waals surface area contributed by atoms with E-state index in [2.05, 4.69) is 16.7 Å². The molecule has 0 spiro atoms. The van der Waals surface area contributed by atoms with Crippen molar-refractivity contribution in [3.05, 3.63) is 46.4 Å². The third-order valence-corrected chi connectivity index (χ3v) is 4.32. The maximum atomic E-state index is 12.5. The lowest BCUT2D eigenvalue weighted by Gasteiger charge is -2.07. The van der Waals surface area contributed by atoms with Gasteiger partial charge in [0.2, 0.25) is 0 Å². The highest BCUT2D eigenvalue weighted by atomic mass is 35.5. The van der Waals surface area contributed by atoms with E-state index in [4.69, 9.17) is 16.3 Å². The topological polar surface area (TPSA) is 57.0 Å². The first kappa shape index (κ1) is 15.7. The number of pyridine rings is 1. The molecule has 3 aromatic heterocycles. The molecule has 0 fully saturated rings. The van der Waals surface area contributed by atoms with Gasteiger partial charge in [-0.3, -0.25) is 4.68 Å². The molecule has 7 heteroatoms. The average molecular weight is 348 g/mol. The standard InChI is InChI=1S/C16H14ClN3O2S/c1-9(17)8-22-16(21)11-7-12(13-5-4-6-23-13)18-15-14(11)10(2)19-20(15)3/h4-7H,1,8H2,2-3H3. The number of carbonyl (C=O) groups is 1. The van der Waals surface area contributed by atoms with Gasteiger partial charge in [0.1, 0.15) is 6.61 Å². The highest BCUT2D eigenvalue weighted by Gasteiger charge is 2.20. The fourth-order valence-electron chi connectivity index (χ4n) is 2.38. The predicted octanol–water partition coefficient (Wildman–Crippen LogP) is 3.91. The zero-order valence-electron chi connectivity index (χ0n) is 12.7. The van der Waals surface area contributed by atoms with Crippen molar-refractivity contribution in [2.24, 2.45) is 7.05 Å². The summed E-state index contributed by atoms with van der Waals surface area (Å²) in [6.07, 6.45) is 0.